The smallest absolute Gasteiger partial charge is 0.337 e. The van der Waals surface area contributed by atoms with Gasteiger partial charge in [0, 0.05) is 74.9 Å². The molecule has 8 aromatic rings. The molecular formula is C51H44N8O4. The van der Waals surface area contributed by atoms with Crippen molar-refractivity contribution in [1.29, 1.82) is 0 Å². The highest BCUT2D eigenvalue weighted by molar-refractivity contribution is 5.95. The number of fused-ring (bicyclic) bond motifs is 2. The van der Waals surface area contributed by atoms with Gasteiger partial charge in [0.05, 0.1) is 40.3 Å². The van der Waals surface area contributed by atoms with E-state index >= 15 is 0 Å². The van der Waals surface area contributed by atoms with E-state index in [0.717, 1.165) is 90.2 Å². The van der Waals surface area contributed by atoms with Crippen molar-refractivity contribution in [3.05, 3.63) is 157 Å². The molecule has 12 nitrogen and oxygen atoms in total. The van der Waals surface area contributed by atoms with Crippen LogP contribution in [0.15, 0.2) is 146 Å². The second-order valence-electron chi connectivity index (χ2n) is 15.8. The van der Waals surface area contributed by atoms with Gasteiger partial charge in [-0.25, -0.2) is 29.5 Å². The number of benzene rings is 6. The summed E-state index contributed by atoms with van der Waals surface area (Å²) in [6.45, 7) is 6.15. The average molecular weight is 833 g/mol. The number of para-hydroxylation sites is 1. The Morgan fingerprint density at radius 1 is 0.444 bits per heavy atom. The summed E-state index contributed by atoms with van der Waals surface area (Å²) in [6.07, 6.45) is 0. The van der Waals surface area contributed by atoms with E-state index in [2.05, 4.69) is 92.4 Å². The van der Waals surface area contributed by atoms with Gasteiger partial charge in [0.15, 0.2) is 11.6 Å². The number of carbonyl (C=O) groups excluding carboxylic acids is 1. The molecule has 2 fully saturated rings. The first kappa shape index (κ1) is 39.3. The van der Waals surface area contributed by atoms with E-state index in [1.165, 1.54) is 12.8 Å². The topological polar surface area (TPSA) is 128 Å². The van der Waals surface area contributed by atoms with Gasteiger partial charge in [0.2, 0.25) is 0 Å². The molecule has 0 aliphatic carbocycles. The zero-order valence-corrected chi connectivity index (χ0v) is 34.8. The minimum absolute atomic E-state index is 0.184. The zero-order valence-electron chi connectivity index (χ0n) is 34.8. The maximum absolute atomic E-state index is 12.5. The molecule has 4 heterocycles. The first-order valence-corrected chi connectivity index (χ1v) is 21.1. The van der Waals surface area contributed by atoms with Crippen molar-refractivity contribution in [3.63, 3.8) is 0 Å². The molecule has 63 heavy (non-hydrogen) atoms. The summed E-state index contributed by atoms with van der Waals surface area (Å²) in [6, 6.07) is 47.9. The number of rotatable bonds is 9. The highest BCUT2D eigenvalue weighted by Gasteiger charge is 2.26. The lowest BCUT2D eigenvalue weighted by atomic mass is 10.00. The van der Waals surface area contributed by atoms with Gasteiger partial charge >= 0.3 is 11.9 Å². The fourth-order valence-electron chi connectivity index (χ4n) is 8.61. The number of carbonyl (C=O) groups is 2. The molecule has 312 valence electrons. The van der Waals surface area contributed by atoms with Gasteiger partial charge in [-0.2, -0.15) is 0 Å². The second-order valence-corrected chi connectivity index (χ2v) is 15.8. The number of anilines is 4. The Bertz CT molecular complexity index is 2990. The van der Waals surface area contributed by atoms with Crippen LogP contribution in [0.25, 0.3) is 55.7 Å². The van der Waals surface area contributed by atoms with Crippen LogP contribution in [0, 0.1) is 0 Å². The normalized spacial score (nSPS) is 14.3. The molecule has 0 atom stereocenters. The van der Waals surface area contributed by atoms with E-state index in [4.69, 9.17) is 24.7 Å². The molecule has 2 aliphatic rings. The van der Waals surface area contributed by atoms with E-state index < -0.39 is 11.9 Å². The quantitative estimate of drug-likeness (QED) is 0.140. The number of methoxy groups -OCH3 is 1. The van der Waals surface area contributed by atoms with Crippen molar-refractivity contribution >= 4 is 57.0 Å². The maximum Gasteiger partial charge on any atom is 0.337 e. The molecule has 0 unspecified atom stereocenters. The summed E-state index contributed by atoms with van der Waals surface area (Å²) < 4.78 is 5.02. The third kappa shape index (κ3) is 7.94. The standard InChI is InChI=1S/C51H44N8O4/c1-63-51(62)39-19-21-43-45(33-39)55-49(59-26-22-56(23-27-59)40-15-6-3-7-16-40)47(53-43)37-14-8-12-35(30-37)36-13-9-17-41(31-36)57-24-28-58(29-25-57)48-46(34-10-4-2-5-11-34)52-42-20-18-38(50(60)61)32-44(42)54-48/h2-21,30-33H,22-29H2,1H3,(H,60,61). The van der Waals surface area contributed by atoms with Crippen LogP contribution in [-0.4, -0.2) is 96.4 Å². The van der Waals surface area contributed by atoms with Crippen molar-refractivity contribution in [3.8, 4) is 33.6 Å². The van der Waals surface area contributed by atoms with Crippen LogP contribution in [-0.2, 0) is 4.74 Å². The van der Waals surface area contributed by atoms with Crippen LogP contribution >= 0.6 is 0 Å². The largest absolute Gasteiger partial charge is 0.478 e. The predicted octanol–water partition coefficient (Wildman–Crippen LogP) is 8.71. The minimum Gasteiger partial charge on any atom is -0.478 e. The first-order chi connectivity index (χ1) is 30.9. The van der Waals surface area contributed by atoms with Crippen molar-refractivity contribution in [2.45, 2.75) is 0 Å². The SMILES string of the molecule is COC(=O)c1ccc2nc(-c3cccc(-c4cccc(N5CCN(c6nc7cc(C(=O)O)ccc7nc6-c6ccccc6)CC5)c4)c3)c(N3CCN(c4ccccc4)CC3)nc2c1. The van der Waals surface area contributed by atoms with Gasteiger partial charge in [-0.15, -0.1) is 0 Å². The lowest BCUT2D eigenvalue weighted by Crippen LogP contribution is -2.47. The van der Waals surface area contributed by atoms with Gasteiger partial charge in [-0.1, -0.05) is 78.9 Å². The number of carboxylic acids is 1. The van der Waals surface area contributed by atoms with Gasteiger partial charge < -0.3 is 29.4 Å². The molecule has 1 N–H and O–H groups in total. The van der Waals surface area contributed by atoms with Crippen LogP contribution in [0.4, 0.5) is 23.0 Å². The van der Waals surface area contributed by atoms with Gasteiger partial charge in [0.25, 0.3) is 0 Å². The van der Waals surface area contributed by atoms with Crippen molar-refractivity contribution in [1.82, 2.24) is 19.9 Å². The molecule has 12 heteroatoms. The lowest BCUT2D eigenvalue weighted by molar-refractivity contribution is 0.0600. The number of nitrogens with zero attached hydrogens (tertiary/aromatic N) is 8. The number of hydrogen-bond acceptors (Lipinski definition) is 11. The number of piperazine rings is 2. The Hall–Kier alpha value is -7.86. The second kappa shape index (κ2) is 16.9. The highest BCUT2D eigenvalue weighted by Crippen LogP contribution is 2.36. The highest BCUT2D eigenvalue weighted by atomic mass is 16.5. The number of carboxylic acid groups (broad SMARTS) is 1. The van der Waals surface area contributed by atoms with E-state index in [0.29, 0.717) is 40.7 Å². The summed E-state index contributed by atoms with van der Waals surface area (Å²) in [5.41, 5.74) is 11.1. The molecule has 0 amide bonds. The average Bonchev–Trinajstić information content (AvgIpc) is 3.35. The summed E-state index contributed by atoms with van der Waals surface area (Å²) in [5, 5.41) is 9.67. The third-order valence-corrected chi connectivity index (χ3v) is 12.0. The summed E-state index contributed by atoms with van der Waals surface area (Å²) in [7, 11) is 1.38. The lowest BCUT2D eigenvalue weighted by Gasteiger charge is -2.37. The van der Waals surface area contributed by atoms with Crippen LogP contribution < -0.4 is 19.6 Å². The molecule has 2 aliphatic heterocycles. The molecule has 0 bridgehead atoms. The predicted molar refractivity (Wildman–Crippen MR) is 249 cm³/mol. The third-order valence-electron chi connectivity index (χ3n) is 12.0. The summed E-state index contributed by atoms with van der Waals surface area (Å²) >= 11 is 0. The fourth-order valence-corrected chi connectivity index (χ4v) is 8.61. The number of esters is 1. The molecular weight excluding hydrogens is 789 g/mol. The van der Waals surface area contributed by atoms with E-state index in [-0.39, 0.29) is 5.56 Å². The summed E-state index contributed by atoms with van der Waals surface area (Å²) in [4.78, 5) is 54.1. The number of hydrogen-bond donors (Lipinski definition) is 1. The number of ether oxygens (including phenoxy) is 1. The molecule has 6 aromatic carbocycles. The van der Waals surface area contributed by atoms with Crippen LogP contribution in [0.2, 0.25) is 0 Å². The Balaban J connectivity index is 0.927. The number of aromatic carboxylic acids is 1. The van der Waals surface area contributed by atoms with Crippen molar-refractivity contribution < 1.29 is 19.4 Å². The van der Waals surface area contributed by atoms with E-state index in [9.17, 15) is 14.7 Å². The van der Waals surface area contributed by atoms with E-state index in [1.54, 1.807) is 30.3 Å². The Kier molecular flexibility index (Phi) is 10.5. The Morgan fingerprint density at radius 2 is 0.905 bits per heavy atom. The van der Waals surface area contributed by atoms with Crippen molar-refractivity contribution in [2.24, 2.45) is 0 Å². The fraction of sp³-hybridized carbons (Fsp3) is 0.176. The zero-order chi connectivity index (χ0) is 42.9. The molecule has 2 aromatic heterocycles. The van der Waals surface area contributed by atoms with E-state index in [1.807, 2.05) is 42.5 Å². The first-order valence-electron chi connectivity index (χ1n) is 21.1. The number of aromatic nitrogens is 4. The maximum atomic E-state index is 12.5. The van der Waals surface area contributed by atoms with Gasteiger partial charge in [-0.3, -0.25) is 0 Å². The monoisotopic (exact) mass is 832 g/mol. The minimum atomic E-state index is -0.993. The Labute approximate surface area is 364 Å². The van der Waals surface area contributed by atoms with Crippen molar-refractivity contribution in [2.75, 3.05) is 79.1 Å². The Morgan fingerprint density at radius 3 is 1.51 bits per heavy atom. The molecule has 2 saturated heterocycles. The van der Waals surface area contributed by atoms with Crippen LogP contribution in [0.1, 0.15) is 20.7 Å². The van der Waals surface area contributed by atoms with Crippen LogP contribution in [0.5, 0.6) is 0 Å². The van der Waals surface area contributed by atoms with Gasteiger partial charge in [-0.05, 0) is 77.9 Å². The molecule has 10 rings (SSSR count). The molecule has 0 saturated carbocycles. The summed E-state index contributed by atoms with van der Waals surface area (Å²) in [5.74, 6) is 0.133. The van der Waals surface area contributed by atoms with Crippen LogP contribution in [0.3, 0.4) is 0 Å². The molecule has 0 spiro atoms. The van der Waals surface area contributed by atoms with Gasteiger partial charge in [0.1, 0.15) is 11.4 Å². The molecule has 0 radical (unpaired) electrons.